The Hall–Kier alpha value is -0.120. The molecule has 0 bridgehead atoms. The zero-order valence-corrected chi connectivity index (χ0v) is 9.00. The fraction of sp³-hybridized carbons (Fsp3) is 1.00. The standard InChI is InChI=1S/C11H21NO2/c1-2-12-9-7-11(8-9)14-10-3-5-13-6-4-10/h9-12H,2-8H2,1H3. The molecule has 1 N–H and O–H groups in total. The van der Waals surface area contributed by atoms with Gasteiger partial charge in [-0.3, -0.25) is 0 Å². The third kappa shape index (κ3) is 2.69. The molecule has 3 nitrogen and oxygen atoms in total. The Morgan fingerprint density at radius 3 is 2.57 bits per heavy atom. The van der Waals surface area contributed by atoms with Crippen molar-refractivity contribution in [1.82, 2.24) is 5.32 Å². The van der Waals surface area contributed by atoms with Crippen molar-refractivity contribution in [2.45, 2.75) is 50.9 Å². The first-order valence-corrected chi connectivity index (χ1v) is 5.85. The average molecular weight is 199 g/mol. The van der Waals surface area contributed by atoms with Gasteiger partial charge in [0.05, 0.1) is 12.2 Å². The zero-order chi connectivity index (χ0) is 9.80. The Morgan fingerprint density at radius 1 is 1.21 bits per heavy atom. The summed E-state index contributed by atoms with van der Waals surface area (Å²) < 4.78 is 11.3. The van der Waals surface area contributed by atoms with Crippen molar-refractivity contribution < 1.29 is 9.47 Å². The summed E-state index contributed by atoms with van der Waals surface area (Å²) in [5, 5.41) is 3.44. The second kappa shape index (κ2) is 5.10. The molecule has 3 heteroatoms. The van der Waals surface area contributed by atoms with Crippen molar-refractivity contribution in [3.8, 4) is 0 Å². The molecule has 1 saturated carbocycles. The van der Waals surface area contributed by atoms with Crippen LogP contribution in [-0.2, 0) is 9.47 Å². The highest BCUT2D eigenvalue weighted by molar-refractivity contribution is 4.86. The van der Waals surface area contributed by atoms with E-state index in [1.807, 2.05) is 0 Å². The Bertz CT molecular complexity index is 163. The molecule has 0 amide bonds. The van der Waals surface area contributed by atoms with E-state index in [-0.39, 0.29) is 0 Å². The van der Waals surface area contributed by atoms with Crippen LogP contribution < -0.4 is 5.32 Å². The maximum Gasteiger partial charge on any atom is 0.0622 e. The SMILES string of the molecule is CCNC1CC(OC2CCOCC2)C1. The van der Waals surface area contributed by atoms with Crippen LogP contribution >= 0.6 is 0 Å². The van der Waals surface area contributed by atoms with Crippen LogP contribution in [0.2, 0.25) is 0 Å². The quantitative estimate of drug-likeness (QED) is 0.741. The molecular formula is C11H21NO2. The highest BCUT2D eigenvalue weighted by Crippen LogP contribution is 2.26. The van der Waals surface area contributed by atoms with E-state index >= 15 is 0 Å². The molecule has 1 aliphatic carbocycles. The van der Waals surface area contributed by atoms with Crippen LogP contribution in [-0.4, -0.2) is 38.0 Å². The Balaban J connectivity index is 1.58. The molecule has 2 fully saturated rings. The molecule has 0 aromatic heterocycles. The van der Waals surface area contributed by atoms with Crippen molar-refractivity contribution in [3.05, 3.63) is 0 Å². The predicted molar refractivity (Wildman–Crippen MR) is 55.4 cm³/mol. The van der Waals surface area contributed by atoms with Gasteiger partial charge >= 0.3 is 0 Å². The lowest BCUT2D eigenvalue weighted by Gasteiger charge is -2.38. The molecule has 82 valence electrons. The molecule has 0 spiro atoms. The Kier molecular flexibility index (Phi) is 3.79. The molecule has 14 heavy (non-hydrogen) atoms. The lowest BCUT2D eigenvalue weighted by atomic mass is 9.89. The second-order valence-electron chi connectivity index (χ2n) is 4.30. The normalized spacial score (nSPS) is 34.1. The van der Waals surface area contributed by atoms with Crippen LogP contribution in [0.1, 0.15) is 32.6 Å². The van der Waals surface area contributed by atoms with Gasteiger partial charge in [-0.1, -0.05) is 6.92 Å². The van der Waals surface area contributed by atoms with E-state index in [1.165, 1.54) is 12.8 Å². The molecule has 0 radical (unpaired) electrons. The first kappa shape index (κ1) is 10.4. The smallest absolute Gasteiger partial charge is 0.0622 e. The average Bonchev–Trinajstić information content (AvgIpc) is 2.16. The third-order valence-electron chi connectivity index (χ3n) is 3.14. The van der Waals surface area contributed by atoms with Crippen LogP contribution in [0.5, 0.6) is 0 Å². The minimum atomic E-state index is 0.469. The van der Waals surface area contributed by atoms with E-state index < -0.39 is 0 Å². The summed E-state index contributed by atoms with van der Waals surface area (Å²) >= 11 is 0. The van der Waals surface area contributed by atoms with Crippen molar-refractivity contribution in [2.75, 3.05) is 19.8 Å². The molecular weight excluding hydrogens is 178 g/mol. The minimum absolute atomic E-state index is 0.469. The minimum Gasteiger partial charge on any atom is -0.381 e. The first-order chi connectivity index (χ1) is 6.88. The summed E-state index contributed by atoms with van der Waals surface area (Å²) in [5.41, 5.74) is 0. The highest BCUT2D eigenvalue weighted by atomic mass is 16.5. The largest absolute Gasteiger partial charge is 0.381 e. The summed E-state index contributed by atoms with van der Waals surface area (Å²) in [4.78, 5) is 0. The van der Waals surface area contributed by atoms with Crippen LogP contribution in [0, 0.1) is 0 Å². The summed E-state index contributed by atoms with van der Waals surface area (Å²) in [7, 11) is 0. The molecule has 1 saturated heterocycles. The molecule has 0 aromatic rings. The van der Waals surface area contributed by atoms with E-state index in [9.17, 15) is 0 Å². The van der Waals surface area contributed by atoms with E-state index in [2.05, 4.69) is 12.2 Å². The number of hydrogen-bond donors (Lipinski definition) is 1. The highest BCUT2D eigenvalue weighted by Gasteiger charge is 2.31. The lowest BCUT2D eigenvalue weighted by Crippen LogP contribution is -2.47. The first-order valence-electron chi connectivity index (χ1n) is 5.85. The van der Waals surface area contributed by atoms with Gasteiger partial charge in [0.15, 0.2) is 0 Å². The number of rotatable bonds is 4. The molecule has 0 atom stereocenters. The monoisotopic (exact) mass is 199 g/mol. The maximum atomic E-state index is 5.98. The number of nitrogens with one attached hydrogen (secondary N) is 1. The second-order valence-corrected chi connectivity index (χ2v) is 4.30. The van der Waals surface area contributed by atoms with Crippen LogP contribution in [0.3, 0.4) is 0 Å². The van der Waals surface area contributed by atoms with Gasteiger partial charge in [-0.15, -0.1) is 0 Å². The fourth-order valence-corrected chi connectivity index (χ4v) is 2.22. The molecule has 1 heterocycles. The van der Waals surface area contributed by atoms with Gasteiger partial charge in [0.2, 0.25) is 0 Å². The van der Waals surface area contributed by atoms with E-state index in [0.29, 0.717) is 18.2 Å². The maximum absolute atomic E-state index is 5.98. The molecule has 2 rings (SSSR count). The number of hydrogen-bond acceptors (Lipinski definition) is 3. The van der Waals surface area contributed by atoms with Gasteiger partial charge in [0.1, 0.15) is 0 Å². The zero-order valence-electron chi connectivity index (χ0n) is 9.00. The van der Waals surface area contributed by atoms with Gasteiger partial charge in [-0.2, -0.15) is 0 Å². The lowest BCUT2D eigenvalue weighted by molar-refractivity contribution is -0.101. The van der Waals surface area contributed by atoms with E-state index in [0.717, 1.165) is 32.6 Å². The molecule has 0 aromatic carbocycles. The van der Waals surface area contributed by atoms with Crippen LogP contribution in [0.25, 0.3) is 0 Å². The van der Waals surface area contributed by atoms with Crippen molar-refractivity contribution in [2.24, 2.45) is 0 Å². The van der Waals surface area contributed by atoms with E-state index in [1.54, 1.807) is 0 Å². The van der Waals surface area contributed by atoms with Crippen molar-refractivity contribution in [1.29, 1.82) is 0 Å². The topological polar surface area (TPSA) is 30.5 Å². The fourth-order valence-electron chi connectivity index (χ4n) is 2.22. The van der Waals surface area contributed by atoms with Crippen LogP contribution in [0.15, 0.2) is 0 Å². The van der Waals surface area contributed by atoms with Crippen molar-refractivity contribution in [3.63, 3.8) is 0 Å². The summed E-state index contributed by atoms with van der Waals surface area (Å²) in [6.45, 7) is 5.00. The molecule has 0 unspecified atom stereocenters. The van der Waals surface area contributed by atoms with Gasteiger partial charge in [0.25, 0.3) is 0 Å². The summed E-state index contributed by atoms with van der Waals surface area (Å²) in [6, 6.07) is 0.713. The van der Waals surface area contributed by atoms with Gasteiger partial charge in [-0.05, 0) is 32.2 Å². The Labute approximate surface area is 86.2 Å². The predicted octanol–water partition coefficient (Wildman–Crippen LogP) is 1.32. The Morgan fingerprint density at radius 2 is 1.93 bits per heavy atom. The van der Waals surface area contributed by atoms with Crippen molar-refractivity contribution >= 4 is 0 Å². The summed E-state index contributed by atoms with van der Waals surface area (Å²) in [6.07, 6.45) is 5.56. The molecule has 2 aliphatic rings. The summed E-state index contributed by atoms with van der Waals surface area (Å²) in [5.74, 6) is 0. The van der Waals surface area contributed by atoms with Gasteiger partial charge < -0.3 is 14.8 Å². The number of ether oxygens (including phenoxy) is 2. The van der Waals surface area contributed by atoms with Gasteiger partial charge in [-0.25, -0.2) is 0 Å². The van der Waals surface area contributed by atoms with Gasteiger partial charge in [0, 0.05) is 19.3 Å². The molecule has 1 aliphatic heterocycles. The van der Waals surface area contributed by atoms with E-state index in [4.69, 9.17) is 9.47 Å². The third-order valence-corrected chi connectivity index (χ3v) is 3.14. The van der Waals surface area contributed by atoms with Crippen LogP contribution in [0.4, 0.5) is 0 Å².